The summed E-state index contributed by atoms with van der Waals surface area (Å²) in [4.78, 5) is 34.6. The molecule has 0 atom stereocenters. The molecule has 0 bridgehead atoms. The molecule has 3 aromatic carbocycles. The highest BCUT2D eigenvalue weighted by Gasteiger charge is 2.12. The van der Waals surface area contributed by atoms with E-state index >= 15 is 0 Å². The van der Waals surface area contributed by atoms with E-state index in [9.17, 15) is 19.7 Å². The van der Waals surface area contributed by atoms with E-state index < -0.39 is 16.8 Å². The number of halogens is 1. The Morgan fingerprint density at radius 1 is 1.10 bits per heavy atom. The van der Waals surface area contributed by atoms with E-state index in [1.54, 1.807) is 42.5 Å². The number of benzene rings is 3. The monoisotopic (exact) mass is 437 g/mol. The number of carbonyl (C=O) groups excluding carboxylic acids is 2. The van der Waals surface area contributed by atoms with Gasteiger partial charge in [0.1, 0.15) is 5.75 Å². The van der Waals surface area contributed by atoms with E-state index in [2.05, 4.69) is 10.5 Å². The Kier molecular flexibility index (Phi) is 6.74. The summed E-state index contributed by atoms with van der Waals surface area (Å²) in [5, 5.41) is 14.9. The molecule has 31 heavy (non-hydrogen) atoms. The fourth-order valence-electron chi connectivity index (χ4n) is 2.57. The molecule has 0 fully saturated rings. The summed E-state index contributed by atoms with van der Waals surface area (Å²) in [5.41, 5.74) is 4.25. The molecular weight excluding hydrogens is 422 g/mol. The molecule has 156 valence electrons. The lowest BCUT2D eigenvalue weighted by molar-refractivity contribution is -0.384. The first-order valence-corrected chi connectivity index (χ1v) is 9.37. The predicted octanol–water partition coefficient (Wildman–Crippen LogP) is 4.54. The van der Waals surface area contributed by atoms with Crippen molar-refractivity contribution in [2.24, 2.45) is 5.10 Å². The van der Waals surface area contributed by atoms with Crippen molar-refractivity contribution in [3.8, 4) is 5.75 Å². The van der Waals surface area contributed by atoms with Crippen LogP contribution in [0.4, 0.5) is 5.69 Å². The van der Waals surface area contributed by atoms with E-state index in [0.29, 0.717) is 16.1 Å². The van der Waals surface area contributed by atoms with E-state index in [-0.39, 0.29) is 17.0 Å². The summed E-state index contributed by atoms with van der Waals surface area (Å²) in [6, 6.07) is 16.6. The molecule has 0 unspecified atom stereocenters. The number of non-ortho nitro benzene ring substituents is 1. The van der Waals surface area contributed by atoms with Crippen molar-refractivity contribution in [2.75, 3.05) is 0 Å². The van der Waals surface area contributed by atoms with E-state index in [4.69, 9.17) is 16.3 Å². The van der Waals surface area contributed by atoms with Crippen LogP contribution in [0.1, 0.15) is 31.8 Å². The lowest BCUT2D eigenvalue weighted by Gasteiger charge is -2.05. The minimum Gasteiger partial charge on any atom is -0.423 e. The fourth-order valence-corrected chi connectivity index (χ4v) is 2.89. The Labute approximate surface area is 182 Å². The lowest BCUT2D eigenvalue weighted by atomic mass is 10.1. The summed E-state index contributed by atoms with van der Waals surface area (Å²) in [6.45, 7) is 1.87. The number of nitrogens with one attached hydrogen (secondary N) is 1. The lowest BCUT2D eigenvalue weighted by Crippen LogP contribution is -2.18. The molecular formula is C22H16ClN3O5. The fraction of sp³-hybridized carbons (Fsp3) is 0.0455. The normalized spacial score (nSPS) is 10.6. The van der Waals surface area contributed by atoms with E-state index in [1.807, 2.05) is 6.92 Å². The minimum absolute atomic E-state index is 0.122. The Hall–Kier alpha value is -4.04. The molecule has 0 radical (unpaired) electrons. The van der Waals surface area contributed by atoms with Crippen LogP contribution in [0, 0.1) is 17.0 Å². The van der Waals surface area contributed by atoms with Gasteiger partial charge in [-0.05, 0) is 54.4 Å². The van der Waals surface area contributed by atoms with Gasteiger partial charge in [0.25, 0.3) is 11.6 Å². The maximum Gasteiger partial charge on any atom is 0.343 e. The number of nitro benzene ring substituents is 1. The first-order valence-electron chi connectivity index (χ1n) is 9.00. The molecule has 0 saturated carbocycles. The maximum atomic E-state index is 12.2. The van der Waals surface area contributed by atoms with Gasteiger partial charge in [0.05, 0.1) is 27.3 Å². The number of ether oxygens (including phenoxy) is 1. The summed E-state index contributed by atoms with van der Waals surface area (Å²) < 4.78 is 5.29. The standard InChI is InChI=1S/C22H16ClN3O5/c1-14-5-10-19(20(23)11-14)21(27)25-24-13-15-3-2-4-18(12-15)31-22(28)16-6-8-17(9-7-16)26(29)30/h2-13H,1H3,(H,25,27). The second-order valence-electron chi connectivity index (χ2n) is 6.45. The van der Waals surface area contributed by atoms with Gasteiger partial charge in [0.15, 0.2) is 0 Å². The Morgan fingerprint density at radius 2 is 1.84 bits per heavy atom. The highest BCUT2D eigenvalue weighted by Crippen LogP contribution is 2.18. The van der Waals surface area contributed by atoms with Crippen molar-refractivity contribution in [2.45, 2.75) is 6.92 Å². The molecule has 9 heteroatoms. The Morgan fingerprint density at radius 3 is 2.52 bits per heavy atom. The van der Waals surface area contributed by atoms with E-state index in [0.717, 1.165) is 5.56 Å². The van der Waals surface area contributed by atoms with Crippen molar-refractivity contribution >= 4 is 35.4 Å². The van der Waals surface area contributed by atoms with Crippen LogP contribution in [0.3, 0.4) is 0 Å². The largest absolute Gasteiger partial charge is 0.423 e. The molecule has 1 N–H and O–H groups in total. The van der Waals surface area contributed by atoms with Crippen LogP contribution in [0.25, 0.3) is 0 Å². The molecule has 3 rings (SSSR count). The summed E-state index contributed by atoms with van der Waals surface area (Å²) in [5.74, 6) is -0.867. The molecule has 0 heterocycles. The van der Waals surface area contributed by atoms with Gasteiger partial charge in [0, 0.05) is 12.1 Å². The van der Waals surface area contributed by atoms with Gasteiger partial charge < -0.3 is 4.74 Å². The number of hydrogen-bond donors (Lipinski definition) is 1. The molecule has 0 spiro atoms. The molecule has 1 amide bonds. The quantitative estimate of drug-likeness (QED) is 0.200. The van der Waals surface area contributed by atoms with Crippen LogP contribution in [-0.2, 0) is 0 Å². The van der Waals surface area contributed by atoms with Crippen LogP contribution < -0.4 is 10.2 Å². The highest BCUT2D eigenvalue weighted by atomic mass is 35.5. The van der Waals surface area contributed by atoms with Crippen molar-refractivity contribution in [3.63, 3.8) is 0 Å². The number of esters is 1. The van der Waals surface area contributed by atoms with Crippen LogP contribution in [0.5, 0.6) is 5.75 Å². The van der Waals surface area contributed by atoms with Crippen molar-refractivity contribution in [1.29, 1.82) is 0 Å². The summed E-state index contributed by atoms with van der Waals surface area (Å²) >= 11 is 6.07. The summed E-state index contributed by atoms with van der Waals surface area (Å²) in [6.07, 6.45) is 1.39. The van der Waals surface area contributed by atoms with Gasteiger partial charge in [-0.15, -0.1) is 0 Å². The molecule has 0 aromatic heterocycles. The van der Waals surface area contributed by atoms with Crippen LogP contribution in [0.2, 0.25) is 5.02 Å². The average Bonchev–Trinajstić information content (AvgIpc) is 2.74. The molecule has 0 aliphatic carbocycles. The number of rotatable bonds is 6. The van der Waals surface area contributed by atoms with Crippen molar-refractivity contribution < 1.29 is 19.2 Å². The van der Waals surface area contributed by atoms with Gasteiger partial charge in [-0.1, -0.05) is 29.8 Å². The van der Waals surface area contributed by atoms with Gasteiger partial charge in [-0.25, -0.2) is 10.2 Å². The predicted molar refractivity (Wildman–Crippen MR) is 116 cm³/mol. The number of nitrogens with zero attached hydrogens (tertiary/aromatic N) is 2. The number of nitro groups is 1. The first-order chi connectivity index (χ1) is 14.8. The minimum atomic E-state index is -0.661. The van der Waals surface area contributed by atoms with Crippen molar-refractivity contribution in [1.82, 2.24) is 5.43 Å². The van der Waals surface area contributed by atoms with Gasteiger partial charge in [0.2, 0.25) is 0 Å². The topological polar surface area (TPSA) is 111 Å². The van der Waals surface area contributed by atoms with Crippen molar-refractivity contribution in [3.05, 3.63) is 104 Å². The highest BCUT2D eigenvalue weighted by molar-refractivity contribution is 6.33. The number of carbonyl (C=O) groups is 2. The first kappa shape index (κ1) is 21.7. The molecule has 0 saturated heterocycles. The number of amides is 1. The zero-order valence-corrected chi connectivity index (χ0v) is 17.0. The molecule has 8 nitrogen and oxygen atoms in total. The summed E-state index contributed by atoms with van der Waals surface area (Å²) in [7, 11) is 0. The number of aryl methyl sites for hydroxylation is 1. The van der Waals surface area contributed by atoms with Crippen LogP contribution in [-0.4, -0.2) is 23.0 Å². The second kappa shape index (κ2) is 9.64. The number of hydrogen-bond acceptors (Lipinski definition) is 6. The molecule has 0 aliphatic rings. The average molecular weight is 438 g/mol. The van der Waals surface area contributed by atoms with Gasteiger partial charge in [-0.3, -0.25) is 14.9 Å². The SMILES string of the molecule is Cc1ccc(C(=O)NN=Cc2cccc(OC(=O)c3ccc([N+](=O)[O-])cc3)c2)c(Cl)c1. The third-order valence-corrected chi connectivity index (χ3v) is 4.44. The van der Waals surface area contributed by atoms with Crippen LogP contribution >= 0.6 is 11.6 Å². The Bertz CT molecular complexity index is 1180. The second-order valence-corrected chi connectivity index (χ2v) is 6.86. The molecule has 3 aromatic rings. The third-order valence-electron chi connectivity index (χ3n) is 4.13. The zero-order chi connectivity index (χ0) is 22.4. The molecule has 0 aliphatic heterocycles. The van der Waals surface area contributed by atoms with Crippen LogP contribution in [0.15, 0.2) is 71.8 Å². The smallest absolute Gasteiger partial charge is 0.343 e. The number of hydrazone groups is 1. The van der Waals surface area contributed by atoms with Gasteiger partial charge >= 0.3 is 5.97 Å². The zero-order valence-electron chi connectivity index (χ0n) is 16.2. The Balaban J connectivity index is 1.63. The maximum absolute atomic E-state index is 12.2. The van der Waals surface area contributed by atoms with E-state index in [1.165, 1.54) is 30.5 Å². The third kappa shape index (κ3) is 5.74. The van der Waals surface area contributed by atoms with Gasteiger partial charge in [-0.2, -0.15) is 5.10 Å².